The standard InChI is InChI=1S/C21H34N4O4S/c1-2-3-9-22-10-4-11-30(27,28)25-17-7-8-18(25)13-16(12-17)23-21(26)19-14-20(29-24-19)15-5-6-15/h14-18,22H,2-13H2,1H3,(H,23,26)/t16?,17-,18+. The van der Waals surface area contributed by atoms with Gasteiger partial charge in [0.1, 0.15) is 5.76 Å². The van der Waals surface area contributed by atoms with Gasteiger partial charge in [-0.2, -0.15) is 4.31 Å². The molecule has 1 unspecified atom stereocenters. The summed E-state index contributed by atoms with van der Waals surface area (Å²) in [5.41, 5.74) is 0.329. The number of amides is 1. The van der Waals surface area contributed by atoms with Gasteiger partial charge in [-0.3, -0.25) is 4.79 Å². The number of hydrogen-bond donors (Lipinski definition) is 2. The highest BCUT2D eigenvalue weighted by molar-refractivity contribution is 7.89. The van der Waals surface area contributed by atoms with Crippen molar-refractivity contribution in [3.63, 3.8) is 0 Å². The van der Waals surface area contributed by atoms with Crippen molar-refractivity contribution in [1.82, 2.24) is 20.1 Å². The quantitative estimate of drug-likeness (QED) is 0.514. The number of fused-ring (bicyclic) bond motifs is 2. The monoisotopic (exact) mass is 438 g/mol. The molecule has 3 heterocycles. The van der Waals surface area contributed by atoms with Crippen LogP contribution in [0.25, 0.3) is 0 Å². The number of nitrogens with one attached hydrogen (secondary N) is 2. The van der Waals surface area contributed by atoms with Crippen LogP contribution in [0.4, 0.5) is 0 Å². The predicted molar refractivity (Wildman–Crippen MR) is 114 cm³/mol. The van der Waals surface area contributed by atoms with E-state index in [0.29, 0.717) is 30.9 Å². The zero-order valence-corrected chi connectivity index (χ0v) is 18.6. The van der Waals surface area contributed by atoms with Crippen LogP contribution < -0.4 is 10.6 Å². The molecule has 3 fully saturated rings. The number of hydrogen-bond acceptors (Lipinski definition) is 6. The molecule has 4 rings (SSSR count). The number of unbranched alkanes of at least 4 members (excludes halogenated alkanes) is 1. The normalized spacial score (nSPS) is 26.8. The van der Waals surface area contributed by atoms with Crippen molar-refractivity contribution in [3.8, 4) is 0 Å². The SMILES string of the molecule is CCCCNCCCS(=O)(=O)N1[C@@H]2CC[C@H]1CC(NC(=O)c1cc(C3CC3)on1)C2. The van der Waals surface area contributed by atoms with Crippen molar-refractivity contribution in [2.75, 3.05) is 18.8 Å². The lowest BCUT2D eigenvalue weighted by Gasteiger charge is -2.38. The first-order chi connectivity index (χ1) is 14.5. The van der Waals surface area contributed by atoms with Crippen LogP contribution in [0, 0.1) is 0 Å². The van der Waals surface area contributed by atoms with Crippen molar-refractivity contribution in [2.24, 2.45) is 0 Å². The fraction of sp³-hybridized carbons (Fsp3) is 0.810. The molecule has 9 heteroatoms. The van der Waals surface area contributed by atoms with E-state index in [1.54, 1.807) is 10.4 Å². The lowest BCUT2D eigenvalue weighted by molar-refractivity contribution is 0.0900. The first kappa shape index (κ1) is 21.8. The van der Waals surface area contributed by atoms with Crippen molar-refractivity contribution >= 4 is 15.9 Å². The average molecular weight is 439 g/mol. The average Bonchev–Trinajstić information content (AvgIpc) is 3.36. The molecule has 30 heavy (non-hydrogen) atoms. The largest absolute Gasteiger partial charge is 0.360 e. The van der Waals surface area contributed by atoms with Crippen LogP contribution in [-0.2, 0) is 10.0 Å². The molecule has 1 aliphatic carbocycles. The Bertz CT molecular complexity index is 822. The smallest absolute Gasteiger partial charge is 0.273 e. The number of aromatic nitrogens is 1. The lowest BCUT2D eigenvalue weighted by atomic mass is 9.99. The van der Waals surface area contributed by atoms with E-state index in [9.17, 15) is 13.2 Å². The summed E-state index contributed by atoms with van der Waals surface area (Å²) in [5.74, 6) is 1.19. The first-order valence-electron chi connectivity index (χ1n) is 11.5. The third kappa shape index (κ3) is 5.06. The van der Waals surface area contributed by atoms with E-state index in [0.717, 1.165) is 57.4 Å². The third-order valence-corrected chi connectivity index (χ3v) is 8.57. The van der Waals surface area contributed by atoms with Gasteiger partial charge in [-0.15, -0.1) is 0 Å². The molecule has 8 nitrogen and oxygen atoms in total. The molecule has 1 amide bonds. The van der Waals surface area contributed by atoms with Crippen LogP contribution in [-0.4, -0.2) is 60.8 Å². The van der Waals surface area contributed by atoms with E-state index in [1.807, 2.05) is 0 Å². The molecular formula is C21H34N4O4S. The maximum absolute atomic E-state index is 12.9. The fourth-order valence-electron chi connectivity index (χ4n) is 4.83. The van der Waals surface area contributed by atoms with Crippen LogP contribution in [0.1, 0.15) is 86.9 Å². The van der Waals surface area contributed by atoms with Gasteiger partial charge in [0.2, 0.25) is 10.0 Å². The Kier molecular flexibility index (Phi) is 6.79. The highest BCUT2D eigenvalue weighted by Crippen LogP contribution is 2.40. The molecule has 0 spiro atoms. The Morgan fingerprint density at radius 1 is 1.17 bits per heavy atom. The number of sulfonamides is 1. The van der Waals surface area contributed by atoms with Gasteiger partial charge in [-0.05, 0) is 64.5 Å². The van der Waals surface area contributed by atoms with E-state index in [4.69, 9.17) is 4.52 Å². The highest BCUT2D eigenvalue weighted by Gasteiger charge is 2.46. The number of rotatable bonds is 11. The zero-order valence-electron chi connectivity index (χ0n) is 17.8. The van der Waals surface area contributed by atoms with Crippen LogP contribution in [0.3, 0.4) is 0 Å². The Labute approximate surface area is 179 Å². The molecule has 168 valence electrons. The molecule has 2 saturated heterocycles. The van der Waals surface area contributed by atoms with Crippen LogP contribution in [0.15, 0.2) is 10.6 Å². The van der Waals surface area contributed by atoms with Crippen LogP contribution >= 0.6 is 0 Å². The molecule has 1 aromatic rings. The van der Waals surface area contributed by atoms with E-state index >= 15 is 0 Å². The van der Waals surface area contributed by atoms with Gasteiger partial charge in [-0.25, -0.2) is 8.42 Å². The van der Waals surface area contributed by atoms with Crippen molar-refractivity contribution in [1.29, 1.82) is 0 Å². The van der Waals surface area contributed by atoms with Crippen molar-refractivity contribution in [3.05, 3.63) is 17.5 Å². The molecule has 2 aliphatic heterocycles. The van der Waals surface area contributed by atoms with Crippen LogP contribution in [0.5, 0.6) is 0 Å². The second kappa shape index (κ2) is 9.36. The van der Waals surface area contributed by atoms with Gasteiger partial charge in [0.15, 0.2) is 5.69 Å². The zero-order chi connectivity index (χ0) is 21.1. The summed E-state index contributed by atoms with van der Waals surface area (Å²) in [4.78, 5) is 12.6. The fourth-order valence-corrected chi connectivity index (χ4v) is 6.85. The molecule has 1 saturated carbocycles. The number of carbonyl (C=O) groups is 1. The summed E-state index contributed by atoms with van der Waals surface area (Å²) in [6.45, 7) is 3.83. The van der Waals surface area contributed by atoms with Gasteiger partial charge < -0.3 is 15.2 Å². The van der Waals surface area contributed by atoms with E-state index < -0.39 is 10.0 Å². The Morgan fingerprint density at radius 2 is 1.87 bits per heavy atom. The summed E-state index contributed by atoms with van der Waals surface area (Å²) in [6.07, 6.45) is 8.18. The minimum absolute atomic E-state index is 0.00793. The number of carbonyl (C=O) groups excluding carboxylic acids is 1. The van der Waals surface area contributed by atoms with Gasteiger partial charge in [0.05, 0.1) is 5.75 Å². The molecular weight excluding hydrogens is 404 g/mol. The second-order valence-corrected chi connectivity index (χ2v) is 11.0. The molecule has 3 aliphatic rings. The Morgan fingerprint density at radius 3 is 2.53 bits per heavy atom. The minimum atomic E-state index is -3.26. The molecule has 0 aromatic carbocycles. The molecule has 2 bridgehead atoms. The van der Waals surface area contributed by atoms with E-state index in [2.05, 4.69) is 22.7 Å². The Hall–Kier alpha value is -1.45. The highest BCUT2D eigenvalue weighted by atomic mass is 32.2. The summed E-state index contributed by atoms with van der Waals surface area (Å²) in [6, 6.07) is 1.71. The predicted octanol–water partition coefficient (Wildman–Crippen LogP) is 2.39. The van der Waals surface area contributed by atoms with Gasteiger partial charge in [0, 0.05) is 30.1 Å². The topological polar surface area (TPSA) is 105 Å². The number of nitrogens with zero attached hydrogens (tertiary/aromatic N) is 2. The van der Waals surface area contributed by atoms with E-state index in [-0.39, 0.29) is 29.8 Å². The third-order valence-electron chi connectivity index (χ3n) is 6.53. The molecule has 2 N–H and O–H groups in total. The minimum Gasteiger partial charge on any atom is -0.360 e. The summed E-state index contributed by atoms with van der Waals surface area (Å²) in [7, 11) is -3.26. The summed E-state index contributed by atoms with van der Waals surface area (Å²) >= 11 is 0. The lowest BCUT2D eigenvalue weighted by Crippen LogP contribution is -2.53. The molecule has 0 radical (unpaired) electrons. The first-order valence-corrected chi connectivity index (χ1v) is 13.1. The van der Waals surface area contributed by atoms with Crippen LogP contribution in [0.2, 0.25) is 0 Å². The van der Waals surface area contributed by atoms with Gasteiger partial charge in [0.25, 0.3) is 5.91 Å². The van der Waals surface area contributed by atoms with Gasteiger partial charge in [-0.1, -0.05) is 18.5 Å². The molecule has 1 aromatic heterocycles. The van der Waals surface area contributed by atoms with Crippen molar-refractivity contribution < 1.29 is 17.7 Å². The second-order valence-electron chi connectivity index (χ2n) is 9.02. The number of piperidine rings is 1. The van der Waals surface area contributed by atoms with Gasteiger partial charge >= 0.3 is 0 Å². The molecule has 3 atom stereocenters. The maximum atomic E-state index is 12.9. The van der Waals surface area contributed by atoms with Crippen molar-refractivity contribution in [2.45, 2.75) is 88.8 Å². The van der Waals surface area contributed by atoms with E-state index in [1.165, 1.54) is 0 Å². The Balaban J connectivity index is 1.27. The maximum Gasteiger partial charge on any atom is 0.273 e. The summed E-state index contributed by atoms with van der Waals surface area (Å²) in [5, 5.41) is 10.3. The summed E-state index contributed by atoms with van der Waals surface area (Å²) < 4.78 is 32.9.